The fraction of sp³-hybridized carbons (Fsp3) is 0.917. The summed E-state index contributed by atoms with van der Waals surface area (Å²) in [5, 5.41) is 55.2. The molecule has 0 spiro atoms. The molecular formula is C24H48N10O10. The van der Waals surface area contributed by atoms with Crippen molar-refractivity contribution in [3.63, 3.8) is 0 Å². The van der Waals surface area contributed by atoms with Crippen molar-refractivity contribution < 1.29 is 44.5 Å². The maximum atomic E-state index is 13.1. The number of hydrogen-bond donors (Lipinski definition) is 12. The lowest BCUT2D eigenvalue weighted by Crippen LogP contribution is -2.71. The molecule has 2 heterocycles. The molecule has 20 nitrogen and oxygen atoms in total. The molecule has 44 heavy (non-hydrogen) atoms. The monoisotopic (exact) mass is 636 g/mol. The van der Waals surface area contributed by atoms with E-state index in [1.807, 2.05) is 0 Å². The van der Waals surface area contributed by atoms with Crippen molar-refractivity contribution >= 4 is 11.9 Å². The van der Waals surface area contributed by atoms with Gasteiger partial charge >= 0.3 is 0 Å². The van der Waals surface area contributed by atoms with Crippen LogP contribution in [-0.4, -0.2) is 136 Å². The molecule has 14 atom stereocenters. The fourth-order valence-corrected chi connectivity index (χ4v) is 5.95. The molecule has 18 N–H and O–H groups in total. The van der Waals surface area contributed by atoms with E-state index in [-0.39, 0.29) is 38.5 Å². The highest BCUT2D eigenvalue weighted by Gasteiger charge is 2.55. The highest BCUT2D eigenvalue weighted by Crippen LogP contribution is 2.37. The van der Waals surface area contributed by atoms with Crippen molar-refractivity contribution in [3.05, 3.63) is 10.1 Å². The van der Waals surface area contributed by atoms with Crippen LogP contribution in [0.25, 0.3) is 0 Å². The van der Waals surface area contributed by atoms with E-state index < -0.39 is 103 Å². The number of nitrogens with zero attached hydrogens (tertiary/aromatic N) is 2. The van der Waals surface area contributed by atoms with Crippen LogP contribution in [-0.2, 0) is 19.0 Å². The molecule has 2 saturated heterocycles. The molecule has 0 aromatic heterocycles. The van der Waals surface area contributed by atoms with E-state index in [1.165, 1.54) is 0 Å². The molecule has 1 amide bonds. The first-order valence-corrected chi connectivity index (χ1v) is 14.6. The first-order chi connectivity index (χ1) is 20.8. The fourth-order valence-electron chi connectivity index (χ4n) is 5.95. The Hall–Kier alpha value is -2.34. The van der Waals surface area contributed by atoms with E-state index in [9.17, 15) is 35.3 Å². The summed E-state index contributed by atoms with van der Waals surface area (Å²) in [6, 6.07) is -4.59. The van der Waals surface area contributed by atoms with Crippen molar-refractivity contribution in [1.29, 1.82) is 0 Å². The Morgan fingerprint density at radius 3 is 2.45 bits per heavy atom. The largest absolute Gasteiger partial charge is 0.394 e. The van der Waals surface area contributed by atoms with Crippen molar-refractivity contribution in [2.24, 2.45) is 45.3 Å². The summed E-state index contributed by atoms with van der Waals surface area (Å²) in [5.74, 6) is -2.11. The van der Waals surface area contributed by atoms with Gasteiger partial charge in [-0.2, -0.15) is 0 Å². The molecule has 254 valence electrons. The number of aliphatic hydroxyl groups excluding tert-OH is 4. The first kappa shape index (κ1) is 36.1. The van der Waals surface area contributed by atoms with E-state index >= 15 is 0 Å². The highest BCUT2D eigenvalue weighted by atomic mass is 16.7. The third-order valence-corrected chi connectivity index (χ3v) is 8.42. The number of hydrogen-bond acceptors (Lipinski definition) is 16. The summed E-state index contributed by atoms with van der Waals surface area (Å²) in [7, 11) is 0. The number of aliphatic imine (C=N–C) groups is 1. The van der Waals surface area contributed by atoms with Crippen LogP contribution in [0.2, 0.25) is 0 Å². The lowest BCUT2D eigenvalue weighted by Gasteiger charge is -2.52. The maximum Gasteiger partial charge on any atom is 0.251 e. The van der Waals surface area contributed by atoms with Gasteiger partial charge in [0, 0.05) is 31.1 Å². The van der Waals surface area contributed by atoms with Gasteiger partial charge in [-0.15, -0.1) is 0 Å². The number of hydrazine groups is 1. The minimum atomic E-state index is -1.51. The molecule has 0 aromatic rings. The predicted octanol–water partition coefficient (Wildman–Crippen LogP) is -6.63. The van der Waals surface area contributed by atoms with Gasteiger partial charge in [-0.25, -0.2) is 15.1 Å². The number of rotatable bonds is 12. The number of guanidine groups is 1. The van der Waals surface area contributed by atoms with Crippen LogP contribution in [0, 0.1) is 16.0 Å². The average Bonchev–Trinajstić information content (AvgIpc) is 2.97. The van der Waals surface area contributed by atoms with Crippen LogP contribution < -0.4 is 45.1 Å². The molecule has 20 heteroatoms. The van der Waals surface area contributed by atoms with Crippen LogP contribution in [0.15, 0.2) is 4.99 Å². The first-order valence-electron chi connectivity index (χ1n) is 14.6. The van der Waals surface area contributed by atoms with Gasteiger partial charge in [-0.1, -0.05) is 5.43 Å². The van der Waals surface area contributed by atoms with Gasteiger partial charge in [-0.3, -0.25) is 4.79 Å². The Morgan fingerprint density at radius 2 is 1.82 bits per heavy atom. The van der Waals surface area contributed by atoms with Gasteiger partial charge in [0.25, 0.3) is 5.96 Å². The van der Waals surface area contributed by atoms with E-state index in [0.717, 1.165) is 0 Å². The number of ether oxygens (including phenoxy) is 3. The van der Waals surface area contributed by atoms with Gasteiger partial charge in [0.05, 0.1) is 49.1 Å². The summed E-state index contributed by atoms with van der Waals surface area (Å²) in [4.78, 5) is 27.3. The van der Waals surface area contributed by atoms with Crippen LogP contribution >= 0.6 is 0 Å². The Kier molecular flexibility index (Phi) is 13.4. The van der Waals surface area contributed by atoms with Crippen molar-refractivity contribution in [2.75, 3.05) is 19.7 Å². The minimum absolute atomic E-state index is 0.0364. The average molecular weight is 637 g/mol. The SMILES string of the molecule is NCC1CCC(N)C(OC2C(N)CC(NC(=O)[C@H](N)CCCN=C(N)N[N+](=O)[O-])C(C3OC(CO)C(O)C(N)C3O)C2O)O1. The van der Waals surface area contributed by atoms with Crippen LogP contribution in [0.4, 0.5) is 0 Å². The normalized spacial score (nSPS) is 40.7. The van der Waals surface area contributed by atoms with E-state index in [2.05, 4.69) is 10.3 Å². The molecule has 0 aromatic carbocycles. The maximum absolute atomic E-state index is 13.1. The molecule has 3 fully saturated rings. The zero-order valence-electron chi connectivity index (χ0n) is 24.3. The number of aliphatic hydroxyl groups is 4. The van der Waals surface area contributed by atoms with Crippen molar-refractivity contribution in [1.82, 2.24) is 10.7 Å². The summed E-state index contributed by atoms with van der Waals surface area (Å²) < 4.78 is 17.8. The minimum Gasteiger partial charge on any atom is -0.394 e. The molecule has 2 aliphatic heterocycles. The van der Waals surface area contributed by atoms with Gasteiger partial charge in [0.15, 0.2) is 11.3 Å². The second-order valence-corrected chi connectivity index (χ2v) is 11.6. The second-order valence-electron chi connectivity index (χ2n) is 11.6. The van der Waals surface area contributed by atoms with Gasteiger partial charge in [0.2, 0.25) is 5.91 Å². The summed E-state index contributed by atoms with van der Waals surface area (Å²) in [5.41, 5.74) is 37.7. The topological polar surface area (TPSA) is 361 Å². The number of amides is 1. The van der Waals surface area contributed by atoms with E-state index in [1.54, 1.807) is 5.43 Å². The lowest BCUT2D eigenvalue weighted by molar-refractivity contribution is -0.525. The quantitative estimate of drug-likeness (QED) is 0.0311. The van der Waals surface area contributed by atoms with E-state index in [0.29, 0.717) is 12.8 Å². The molecule has 0 bridgehead atoms. The number of carbonyl (C=O) groups excluding carboxylic acids is 1. The lowest BCUT2D eigenvalue weighted by atomic mass is 9.71. The Bertz CT molecular complexity index is 982. The number of nitrogens with one attached hydrogen (secondary N) is 2. The molecule has 3 rings (SSSR count). The number of nitrogens with two attached hydrogens (primary N) is 6. The van der Waals surface area contributed by atoms with Gasteiger partial charge in [-0.05, 0) is 32.1 Å². The second kappa shape index (κ2) is 16.3. The van der Waals surface area contributed by atoms with Crippen molar-refractivity contribution in [2.45, 2.75) is 111 Å². The van der Waals surface area contributed by atoms with Gasteiger partial charge < -0.3 is 74.4 Å². The summed E-state index contributed by atoms with van der Waals surface area (Å²) >= 11 is 0. The number of nitro groups is 1. The van der Waals surface area contributed by atoms with Gasteiger partial charge in [0.1, 0.15) is 18.3 Å². The molecule has 1 aliphatic carbocycles. The standard InChI is InChI=1S/C24H48N10O10/c25-7-9-3-4-11(27)23(42-9)44-20-12(28)6-13(32-22(39)10(26)2-1-5-31-24(30)33-34(40)41)15(18(20)37)21-19(38)16(29)17(36)14(8-35)43-21/h9-21,23,35-38H,1-8,25-29H2,(H,32,39)(H3,30,31,33)/t9?,10-,11?,12?,13?,14?,15?,16?,17?,18?,19?,20?,21?,23?/m1/s1. The Morgan fingerprint density at radius 1 is 1.11 bits per heavy atom. The number of carbonyl (C=O) groups is 1. The zero-order chi connectivity index (χ0) is 32.7. The summed E-state index contributed by atoms with van der Waals surface area (Å²) in [6.45, 7) is -0.329. The molecule has 3 aliphatic rings. The van der Waals surface area contributed by atoms with Crippen molar-refractivity contribution in [3.8, 4) is 0 Å². The summed E-state index contributed by atoms with van der Waals surface area (Å²) in [6.07, 6.45) is -7.55. The molecule has 13 unspecified atom stereocenters. The van der Waals surface area contributed by atoms with Crippen LogP contribution in [0.1, 0.15) is 32.1 Å². The zero-order valence-corrected chi connectivity index (χ0v) is 24.3. The third-order valence-electron chi connectivity index (χ3n) is 8.42. The molecular weight excluding hydrogens is 588 g/mol. The Labute approximate surface area is 253 Å². The molecule has 0 radical (unpaired) electrons. The van der Waals surface area contributed by atoms with E-state index in [4.69, 9.17) is 48.6 Å². The predicted molar refractivity (Wildman–Crippen MR) is 153 cm³/mol. The van der Waals surface area contributed by atoms with Crippen LogP contribution in [0.3, 0.4) is 0 Å². The third kappa shape index (κ3) is 8.89. The highest BCUT2D eigenvalue weighted by molar-refractivity contribution is 5.81. The van der Waals surface area contributed by atoms with Crippen LogP contribution in [0.5, 0.6) is 0 Å². The smallest absolute Gasteiger partial charge is 0.251 e. The molecule has 1 saturated carbocycles. The Balaban J connectivity index is 1.78.